The minimum Gasteiger partial charge on any atom is -0.377 e. The van der Waals surface area contributed by atoms with Crippen molar-refractivity contribution in [2.24, 2.45) is 0 Å². The topological polar surface area (TPSA) is 27.7 Å². The Bertz CT molecular complexity index is 296. The Morgan fingerprint density at radius 2 is 0.821 bits per heavy atom. The lowest BCUT2D eigenvalue weighted by molar-refractivity contribution is 0.0955. The third-order valence-corrected chi connectivity index (χ3v) is 8.63. The van der Waals surface area contributed by atoms with Gasteiger partial charge in [-0.2, -0.15) is 0 Å². The van der Waals surface area contributed by atoms with E-state index in [1.165, 1.54) is 103 Å². The zero-order valence-corrected chi connectivity index (χ0v) is 20.9. The van der Waals surface area contributed by atoms with E-state index in [1.54, 1.807) is 14.2 Å². The number of hydrogen-bond donors (Lipinski definition) is 0. The maximum atomic E-state index is 6.14. The van der Waals surface area contributed by atoms with E-state index in [2.05, 4.69) is 13.8 Å². The highest BCUT2D eigenvalue weighted by Gasteiger charge is 2.37. The minimum absolute atomic E-state index is 0.793. The van der Waals surface area contributed by atoms with Gasteiger partial charge in [0.25, 0.3) is 0 Å². The van der Waals surface area contributed by atoms with Crippen LogP contribution in [0.1, 0.15) is 129 Å². The first kappa shape index (κ1) is 28.1. The summed E-state index contributed by atoms with van der Waals surface area (Å²) < 4.78 is 17.6. The van der Waals surface area contributed by atoms with E-state index in [1.807, 2.05) is 0 Å². The summed E-state index contributed by atoms with van der Waals surface area (Å²) in [6.45, 7) is 5.34. The molecule has 3 nitrogen and oxygen atoms in total. The summed E-state index contributed by atoms with van der Waals surface area (Å²) in [5, 5.41) is 0. The Balaban J connectivity index is 3.57. The van der Waals surface area contributed by atoms with Gasteiger partial charge in [0.15, 0.2) is 0 Å². The predicted octanol–water partition coefficient (Wildman–Crippen LogP) is 8.30. The van der Waals surface area contributed by atoms with Crippen molar-refractivity contribution in [1.82, 2.24) is 0 Å². The van der Waals surface area contributed by atoms with Gasteiger partial charge < -0.3 is 13.3 Å². The predicted molar refractivity (Wildman–Crippen MR) is 125 cm³/mol. The average molecular weight is 417 g/mol. The highest BCUT2D eigenvalue weighted by molar-refractivity contribution is 6.60. The zero-order chi connectivity index (χ0) is 20.8. The molecule has 0 aliphatic heterocycles. The molecule has 4 heteroatoms. The number of unbranched alkanes of at least 4 members (excludes halogenated alkanes) is 16. The fraction of sp³-hybridized carbons (Fsp3) is 1.00. The van der Waals surface area contributed by atoms with Gasteiger partial charge in [-0.05, 0) is 12.8 Å². The van der Waals surface area contributed by atoms with Crippen molar-refractivity contribution in [1.29, 1.82) is 0 Å². The molecule has 0 spiro atoms. The first-order valence-corrected chi connectivity index (χ1v) is 14.4. The lowest BCUT2D eigenvalue weighted by Crippen LogP contribution is -2.44. The molecule has 0 bridgehead atoms. The summed E-state index contributed by atoms with van der Waals surface area (Å²) in [7, 11) is 1.11. The molecule has 0 amide bonds. The van der Waals surface area contributed by atoms with Gasteiger partial charge in [-0.25, -0.2) is 0 Å². The normalized spacial score (nSPS) is 12.0. The average Bonchev–Trinajstić information content (AvgIpc) is 2.72. The highest BCUT2D eigenvalue weighted by atomic mass is 28.4. The molecule has 28 heavy (non-hydrogen) atoms. The molecule has 0 aliphatic carbocycles. The molecule has 0 atom stereocenters. The number of hydrogen-bond acceptors (Lipinski definition) is 3. The van der Waals surface area contributed by atoms with Crippen LogP contribution in [0.5, 0.6) is 0 Å². The largest absolute Gasteiger partial charge is 0.500 e. The smallest absolute Gasteiger partial charge is 0.377 e. The lowest BCUT2D eigenvalue weighted by Gasteiger charge is -2.26. The van der Waals surface area contributed by atoms with Crippen LogP contribution in [0.4, 0.5) is 0 Å². The molecule has 170 valence electrons. The maximum Gasteiger partial charge on any atom is 0.500 e. The van der Waals surface area contributed by atoms with Gasteiger partial charge in [-0.1, -0.05) is 117 Å². The quantitative estimate of drug-likeness (QED) is 0.124. The molecule has 0 saturated carbocycles. The number of rotatable bonds is 23. The van der Waals surface area contributed by atoms with Crippen LogP contribution < -0.4 is 0 Å². The molecular formula is C24H52O3Si. The molecular weight excluding hydrogens is 364 g/mol. The van der Waals surface area contributed by atoms with Crippen LogP contribution in [0, 0.1) is 0 Å². The summed E-state index contributed by atoms with van der Waals surface area (Å²) in [6.07, 6.45) is 24.2. The highest BCUT2D eigenvalue weighted by Crippen LogP contribution is 2.20. The molecule has 0 radical (unpaired) electrons. The molecule has 0 aromatic heterocycles. The summed E-state index contributed by atoms with van der Waals surface area (Å²) in [4.78, 5) is 0. The Morgan fingerprint density at radius 1 is 0.464 bits per heavy atom. The van der Waals surface area contributed by atoms with E-state index in [9.17, 15) is 0 Å². The zero-order valence-electron chi connectivity index (χ0n) is 19.9. The Kier molecular flexibility index (Phi) is 21.9. The molecule has 0 unspecified atom stereocenters. The van der Waals surface area contributed by atoms with Crippen LogP contribution in [0.15, 0.2) is 0 Å². The molecule has 0 aromatic carbocycles. The van der Waals surface area contributed by atoms with E-state index in [0.29, 0.717) is 0 Å². The van der Waals surface area contributed by atoms with Gasteiger partial charge in [-0.3, -0.25) is 0 Å². The summed E-state index contributed by atoms with van der Waals surface area (Å²) in [5.74, 6) is 0. The molecule has 0 rings (SSSR count). The molecule has 0 aliphatic rings. The van der Waals surface area contributed by atoms with Crippen LogP contribution >= 0.6 is 0 Å². The van der Waals surface area contributed by atoms with Gasteiger partial charge >= 0.3 is 8.80 Å². The lowest BCUT2D eigenvalue weighted by atomic mass is 10.1. The van der Waals surface area contributed by atoms with E-state index < -0.39 is 8.80 Å². The minimum atomic E-state index is -2.41. The molecule has 0 heterocycles. The molecule has 0 saturated heterocycles. The van der Waals surface area contributed by atoms with Gasteiger partial charge in [0.05, 0.1) is 0 Å². The third-order valence-electron chi connectivity index (χ3n) is 5.78. The molecule has 0 N–H and O–H groups in total. The fourth-order valence-corrected chi connectivity index (χ4v) is 5.86. The summed E-state index contributed by atoms with van der Waals surface area (Å²) >= 11 is 0. The van der Waals surface area contributed by atoms with E-state index in [-0.39, 0.29) is 0 Å². The van der Waals surface area contributed by atoms with Crippen molar-refractivity contribution in [2.45, 2.75) is 135 Å². The SMILES string of the molecule is CCCCCCCCCCCCCCO[Si](CCCCCCCC)(OC)OC. The van der Waals surface area contributed by atoms with Crippen molar-refractivity contribution in [3.8, 4) is 0 Å². The monoisotopic (exact) mass is 416 g/mol. The fourth-order valence-electron chi connectivity index (χ4n) is 3.77. The first-order chi connectivity index (χ1) is 13.7. The van der Waals surface area contributed by atoms with Crippen molar-refractivity contribution in [2.75, 3.05) is 20.8 Å². The molecule has 0 aromatic rings. The van der Waals surface area contributed by atoms with Crippen molar-refractivity contribution in [3.05, 3.63) is 0 Å². The Labute approximate surface area is 178 Å². The third kappa shape index (κ3) is 17.0. The van der Waals surface area contributed by atoms with Crippen molar-refractivity contribution < 1.29 is 13.3 Å². The van der Waals surface area contributed by atoms with Crippen LogP contribution in [0.25, 0.3) is 0 Å². The van der Waals surface area contributed by atoms with Gasteiger partial charge in [0, 0.05) is 26.9 Å². The second-order valence-electron chi connectivity index (χ2n) is 8.35. The van der Waals surface area contributed by atoms with Crippen molar-refractivity contribution >= 4 is 8.80 Å². The van der Waals surface area contributed by atoms with Crippen LogP contribution in [0.2, 0.25) is 6.04 Å². The molecule has 0 fully saturated rings. The second kappa shape index (κ2) is 21.8. The Hall–Kier alpha value is 0.0969. The first-order valence-electron chi connectivity index (χ1n) is 12.5. The maximum absolute atomic E-state index is 6.14. The standard InChI is InChI=1S/C24H52O3Si/c1-5-7-9-11-13-14-15-16-17-18-19-21-23-27-28(25-3,26-4)24-22-20-12-10-8-6-2/h5-24H2,1-4H3. The van der Waals surface area contributed by atoms with Gasteiger partial charge in [-0.15, -0.1) is 0 Å². The Morgan fingerprint density at radius 3 is 1.21 bits per heavy atom. The van der Waals surface area contributed by atoms with Crippen molar-refractivity contribution in [3.63, 3.8) is 0 Å². The summed E-state index contributed by atoms with van der Waals surface area (Å²) in [6, 6.07) is 0.963. The van der Waals surface area contributed by atoms with Crippen LogP contribution in [-0.2, 0) is 13.3 Å². The van der Waals surface area contributed by atoms with E-state index in [4.69, 9.17) is 13.3 Å². The summed E-state index contributed by atoms with van der Waals surface area (Å²) in [5.41, 5.74) is 0. The van der Waals surface area contributed by atoms with Crippen LogP contribution in [-0.4, -0.2) is 29.6 Å². The van der Waals surface area contributed by atoms with Crippen LogP contribution in [0.3, 0.4) is 0 Å². The second-order valence-corrected chi connectivity index (χ2v) is 11.3. The van der Waals surface area contributed by atoms with Gasteiger partial charge in [0.1, 0.15) is 0 Å². The van der Waals surface area contributed by atoms with E-state index in [0.717, 1.165) is 25.5 Å². The van der Waals surface area contributed by atoms with E-state index >= 15 is 0 Å². The van der Waals surface area contributed by atoms with Gasteiger partial charge in [0.2, 0.25) is 0 Å².